The zero-order valence-electron chi connectivity index (χ0n) is 10.7. The van der Waals surface area contributed by atoms with Gasteiger partial charge in [-0.05, 0) is 20.8 Å². The Balaban J connectivity index is 2.73. The smallest absolute Gasteiger partial charge is 0.294 e. The van der Waals surface area contributed by atoms with E-state index in [9.17, 15) is 9.59 Å². The van der Waals surface area contributed by atoms with Crippen molar-refractivity contribution < 1.29 is 4.79 Å². The van der Waals surface area contributed by atoms with Crippen LogP contribution in [0.4, 0.5) is 0 Å². The Morgan fingerprint density at radius 3 is 2.56 bits per heavy atom. The molecule has 1 aromatic heterocycles. The Morgan fingerprint density at radius 1 is 1.39 bits per heavy atom. The van der Waals surface area contributed by atoms with Gasteiger partial charge in [0.25, 0.3) is 5.56 Å². The molecule has 0 aliphatic carbocycles. The lowest BCUT2D eigenvalue weighted by Gasteiger charge is -2.18. The summed E-state index contributed by atoms with van der Waals surface area (Å²) in [6.07, 6.45) is 0. The van der Waals surface area contributed by atoms with Gasteiger partial charge in [-0.25, -0.2) is 0 Å². The monoisotopic (exact) mass is 271 g/mol. The number of aryl methyl sites for hydroxylation is 1. The van der Waals surface area contributed by atoms with Crippen LogP contribution in [0.25, 0.3) is 0 Å². The normalized spacial score (nSPS) is 10.4. The van der Waals surface area contributed by atoms with Gasteiger partial charge in [-0.2, -0.15) is 4.68 Å². The fourth-order valence-electron chi connectivity index (χ4n) is 1.36. The summed E-state index contributed by atoms with van der Waals surface area (Å²) in [7, 11) is 0. The van der Waals surface area contributed by atoms with Gasteiger partial charge >= 0.3 is 0 Å². The minimum absolute atomic E-state index is 0.0141. The minimum atomic E-state index is -0.400. The van der Waals surface area contributed by atoms with Crippen LogP contribution in [0.1, 0.15) is 19.5 Å². The summed E-state index contributed by atoms with van der Waals surface area (Å²) < 4.78 is 0.919. The van der Waals surface area contributed by atoms with E-state index in [4.69, 9.17) is 5.84 Å². The average molecular weight is 271 g/mol. The molecule has 1 aromatic rings. The lowest BCUT2D eigenvalue weighted by Crippen LogP contribution is -2.34. The van der Waals surface area contributed by atoms with Crippen LogP contribution in [0.5, 0.6) is 0 Å². The van der Waals surface area contributed by atoms with E-state index in [2.05, 4.69) is 10.2 Å². The van der Waals surface area contributed by atoms with Crippen LogP contribution in [0.3, 0.4) is 0 Å². The number of aromatic nitrogens is 3. The zero-order chi connectivity index (χ0) is 13.7. The summed E-state index contributed by atoms with van der Waals surface area (Å²) in [5, 5.41) is 7.74. The van der Waals surface area contributed by atoms with Gasteiger partial charge in [0.15, 0.2) is 0 Å². The van der Waals surface area contributed by atoms with Crippen molar-refractivity contribution in [2.75, 3.05) is 24.7 Å². The van der Waals surface area contributed by atoms with Crippen molar-refractivity contribution in [2.45, 2.75) is 25.9 Å². The molecule has 0 fully saturated rings. The van der Waals surface area contributed by atoms with Crippen LogP contribution in [0.2, 0.25) is 0 Å². The Kier molecular flexibility index (Phi) is 5.14. The summed E-state index contributed by atoms with van der Waals surface area (Å²) in [6.45, 7) is 6.68. The molecule has 0 spiro atoms. The predicted molar refractivity (Wildman–Crippen MR) is 69.8 cm³/mol. The molecule has 0 unspecified atom stereocenters. The maximum absolute atomic E-state index is 11.8. The lowest BCUT2D eigenvalue weighted by atomic mass is 10.5. The Morgan fingerprint density at radius 2 is 2.00 bits per heavy atom. The minimum Gasteiger partial charge on any atom is -0.343 e. The molecule has 2 N–H and O–H groups in total. The SMILES string of the molecule is CCN(CC)C(=O)CSc1nnc(C)c(=O)n1N. The standard InChI is InChI=1S/C10H17N5O2S/c1-4-14(5-2)8(16)6-18-10-13-12-7(3)9(17)15(10)11/h4-6,11H2,1-3H3. The van der Waals surface area contributed by atoms with Crippen LogP contribution in [0, 0.1) is 6.92 Å². The first-order chi connectivity index (χ1) is 8.51. The van der Waals surface area contributed by atoms with Crippen molar-refractivity contribution in [3.05, 3.63) is 16.0 Å². The maximum Gasteiger partial charge on any atom is 0.294 e. The van der Waals surface area contributed by atoms with Gasteiger partial charge < -0.3 is 10.7 Å². The van der Waals surface area contributed by atoms with Crippen LogP contribution in [-0.4, -0.2) is 44.5 Å². The summed E-state index contributed by atoms with van der Waals surface area (Å²) in [4.78, 5) is 25.0. The van der Waals surface area contributed by atoms with E-state index in [0.717, 1.165) is 16.4 Å². The molecule has 7 nitrogen and oxygen atoms in total. The number of carbonyl (C=O) groups excluding carboxylic acids is 1. The molecule has 1 heterocycles. The third-order valence-electron chi connectivity index (χ3n) is 2.46. The Labute approximate surface area is 109 Å². The molecule has 0 bridgehead atoms. The molecule has 18 heavy (non-hydrogen) atoms. The van der Waals surface area contributed by atoms with E-state index in [-0.39, 0.29) is 22.5 Å². The van der Waals surface area contributed by atoms with Crippen molar-refractivity contribution in [3.63, 3.8) is 0 Å². The lowest BCUT2D eigenvalue weighted by molar-refractivity contribution is -0.127. The number of rotatable bonds is 5. The number of nitrogen functional groups attached to an aromatic ring is 1. The third-order valence-corrected chi connectivity index (χ3v) is 3.39. The number of amides is 1. The summed E-state index contributed by atoms with van der Waals surface area (Å²) >= 11 is 1.11. The molecule has 1 amide bonds. The van der Waals surface area contributed by atoms with Crippen LogP contribution < -0.4 is 11.4 Å². The molecule has 8 heteroatoms. The van der Waals surface area contributed by atoms with Crippen LogP contribution in [0.15, 0.2) is 9.95 Å². The molecule has 0 atom stereocenters. The third kappa shape index (κ3) is 3.22. The maximum atomic E-state index is 11.8. The van der Waals surface area contributed by atoms with E-state index >= 15 is 0 Å². The second kappa shape index (κ2) is 6.39. The molecule has 0 aromatic carbocycles. The highest BCUT2D eigenvalue weighted by Crippen LogP contribution is 2.11. The highest BCUT2D eigenvalue weighted by molar-refractivity contribution is 7.99. The van der Waals surface area contributed by atoms with Gasteiger partial charge in [0, 0.05) is 13.1 Å². The van der Waals surface area contributed by atoms with Gasteiger partial charge in [-0.1, -0.05) is 11.8 Å². The molecular formula is C10H17N5O2S. The number of nitrogens with two attached hydrogens (primary N) is 1. The Hall–Kier alpha value is -1.57. The molecule has 0 radical (unpaired) electrons. The first kappa shape index (κ1) is 14.5. The summed E-state index contributed by atoms with van der Waals surface area (Å²) in [5.74, 6) is 5.74. The highest BCUT2D eigenvalue weighted by Gasteiger charge is 2.13. The zero-order valence-corrected chi connectivity index (χ0v) is 11.5. The first-order valence-electron chi connectivity index (χ1n) is 5.63. The second-order valence-electron chi connectivity index (χ2n) is 3.60. The number of thioether (sulfide) groups is 1. The van der Waals surface area contributed by atoms with Crippen molar-refractivity contribution in [2.24, 2.45) is 0 Å². The van der Waals surface area contributed by atoms with Gasteiger partial charge in [0.05, 0.1) is 5.75 Å². The number of nitrogens with zero attached hydrogens (tertiary/aromatic N) is 4. The van der Waals surface area contributed by atoms with Gasteiger partial charge in [0.1, 0.15) is 5.69 Å². The molecule has 100 valence electrons. The van der Waals surface area contributed by atoms with Crippen LogP contribution in [-0.2, 0) is 4.79 Å². The fraction of sp³-hybridized carbons (Fsp3) is 0.600. The number of hydrogen-bond donors (Lipinski definition) is 1. The van der Waals surface area contributed by atoms with Crippen molar-refractivity contribution in [1.82, 2.24) is 19.8 Å². The van der Waals surface area contributed by atoms with Gasteiger partial charge in [-0.15, -0.1) is 10.2 Å². The molecule has 0 saturated carbocycles. The van der Waals surface area contributed by atoms with Gasteiger partial charge in [-0.3, -0.25) is 9.59 Å². The quantitative estimate of drug-likeness (QED) is 0.579. The first-order valence-corrected chi connectivity index (χ1v) is 6.61. The van der Waals surface area contributed by atoms with Crippen LogP contribution >= 0.6 is 11.8 Å². The molecule has 0 aliphatic heterocycles. The van der Waals surface area contributed by atoms with E-state index < -0.39 is 5.56 Å². The Bertz CT molecular complexity index is 484. The highest BCUT2D eigenvalue weighted by atomic mass is 32.2. The number of carbonyl (C=O) groups is 1. The van der Waals surface area contributed by atoms with Gasteiger partial charge in [0.2, 0.25) is 11.1 Å². The van der Waals surface area contributed by atoms with E-state index in [1.807, 2.05) is 13.8 Å². The van der Waals surface area contributed by atoms with E-state index in [1.54, 1.807) is 4.90 Å². The average Bonchev–Trinajstić information content (AvgIpc) is 2.36. The second-order valence-corrected chi connectivity index (χ2v) is 4.54. The molecule has 0 saturated heterocycles. The van der Waals surface area contributed by atoms with Crippen molar-refractivity contribution >= 4 is 17.7 Å². The number of hydrogen-bond acceptors (Lipinski definition) is 6. The molecular weight excluding hydrogens is 254 g/mol. The summed E-state index contributed by atoms with van der Waals surface area (Å²) in [5.41, 5.74) is -0.167. The topological polar surface area (TPSA) is 94.1 Å². The fourth-order valence-corrected chi connectivity index (χ4v) is 2.12. The molecule has 1 rings (SSSR count). The predicted octanol–water partition coefficient (Wildman–Crippen LogP) is -0.379. The van der Waals surface area contributed by atoms with E-state index in [1.165, 1.54) is 6.92 Å². The largest absolute Gasteiger partial charge is 0.343 e. The van der Waals surface area contributed by atoms with E-state index in [0.29, 0.717) is 13.1 Å². The molecule has 0 aliphatic rings. The van der Waals surface area contributed by atoms with Crippen molar-refractivity contribution in [3.8, 4) is 0 Å². The van der Waals surface area contributed by atoms with Crippen molar-refractivity contribution in [1.29, 1.82) is 0 Å². The summed E-state index contributed by atoms with van der Waals surface area (Å²) in [6, 6.07) is 0.